The number of thioether (sulfide) groups is 1. The van der Waals surface area contributed by atoms with Crippen molar-refractivity contribution in [2.24, 2.45) is 5.92 Å². The molecule has 0 aromatic rings. The molecule has 0 spiro atoms. The molecular weight excluding hydrogens is 376 g/mol. The van der Waals surface area contributed by atoms with Gasteiger partial charge in [-0.15, -0.1) is 0 Å². The molecule has 1 fully saturated rings. The summed E-state index contributed by atoms with van der Waals surface area (Å²) in [7, 11) is -4.72. The molecule has 2 heterocycles. The van der Waals surface area contributed by atoms with Gasteiger partial charge in [-0.2, -0.15) is 8.42 Å². The van der Waals surface area contributed by atoms with E-state index >= 15 is 0 Å². The number of nitrogens with one attached hydrogen (secondary N) is 1. The highest BCUT2D eigenvalue weighted by Gasteiger charge is 2.57. The Labute approximate surface area is 147 Å². The molecule has 0 bridgehead atoms. The van der Waals surface area contributed by atoms with Crippen molar-refractivity contribution in [3.63, 3.8) is 0 Å². The van der Waals surface area contributed by atoms with Crippen LogP contribution < -0.4 is 5.32 Å². The van der Waals surface area contributed by atoms with E-state index in [4.69, 9.17) is 4.55 Å². The van der Waals surface area contributed by atoms with Crippen molar-refractivity contribution in [2.75, 3.05) is 0 Å². The van der Waals surface area contributed by atoms with Gasteiger partial charge in [-0.3, -0.25) is 14.1 Å². The van der Waals surface area contributed by atoms with Gasteiger partial charge in [0.2, 0.25) is 11.8 Å². The first-order valence-corrected chi connectivity index (χ1v) is 9.31. The normalized spacial score (nSPS) is 24.3. The Morgan fingerprint density at radius 2 is 2.12 bits per heavy atom. The average Bonchev–Trinajstić information content (AvgIpc) is 2.76. The summed E-state index contributed by atoms with van der Waals surface area (Å²) in [6.07, 6.45) is 0.420. The lowest BCUT2D eigenvalue weighted by molar-refractivity contribution is -0.160. The third kappa shape index (κ3) is 4.21. The molecule has 2 amide bonds. The second-order valence-electron chi connectivity index (χ2n) is 5.43. The summed E-state index contributed by atoms with van der Waals surface area (Å²) in [6.45, 7) is 2.63. The van der Waals surface area contributed by atoms with Gasteiger partial charge in [-0.1, -0.05) is 11.8 Å². The van der Waals surface area contributed by atoms with Crippen molar-refractivity contribution in [1.82, 2.24) is 10.2 Å². The largest absolute Gasteiger partial charge is 0.477 e. The number of carbonyl (C=O) groups excluding carboxylic acids is 2. The van der Waals surface area contributed by atoms with Crippen molar-refractivity contribution in [3.05, 3.63) is 22.2 Å². The van der Waals surface area contributed by atoms with Crippen LogP contribution in [0.25, 0.3) is 0 Å². The Hall–Kier alpha value is -1.89. The summed E-state index contributed by atoms with van der Waals surface area (Å²) >= 11 is 1.04. The summed E-state index contributed by atoms with van der Waals surface area (Å²) in [5, 5.41) is 13.2. The van der Waals surface area contributed by atoms with Crippen molar-refractivity contribution < 1.29 is 36.6 Å². The fourth-order valence-electron chi connectivity index (χ4n) is 2.84. The molecule has 1 saturated heterocycles. The lowest BCUT2D eigenvalue weighted by Gasteiger charge is -2.45. The first-order valence-electron chi connectivity index (χ1n) is 7.07. The Balaban J connectivity index is 2.14. The predicted octanol–water partition coefficient (Wildman–Crippen LogP) is 0.0617. The lowest BCUT2D eigenvalue weighted by Crippen LogP contribution is -2.62. The maximum Gasteiger partial charge on any atom is 0.397 e. The number of hydrogen-bond acceptors (Lipinski definition) is 7. The van der Waals surface area contributed by atoms with Crippen LogP contribution in [0.5, 0.6) is 0 Å². The van der Waals surface area contributed by atoms with E-state index in [0.717, 1.165) is 16.7 Å². The van der Waals surface area contributed by atoms with Crippen LogP contribution in [0.4, 0.5) is 0 Å². The molecule has 0 radical (unpaired) electrons. The second kappa shape index (κ2) is 7.15. The molecule has 3 atom stereocenters. The molecule has 0 aromatic heterocycles. The fraction of sp³-hybridized carbons (Fsp3) is 0.462. The number of rotatable bonds is 7. The Morgan fingerprint density at radius 1 is 1.48 bits per heavy atom. The fourth-order valence-corrected chi connectivity index (χ4v) is 4.21. The van der Waals surface area contributed by atoms with Crippen LogP contribution in [0.15, 0.2) is 22.2 Å². The van der Waals surface area contributed by atoms with Crippen molar-refractivity contribution in [2.45, 2.75) is 32.4 Å². The molecule has 10 nitrogen and oxygen atoms in total. The van der Waals surface area contributed by atoms with E-state index in [9.17, 15) is 27.9 Å². The summed E-state index contributed by atoms with van der Waals surface area (Å²) in [5.74, 6) is -3.03. The zero-order valence-electron chi connectivity index (χ0n) is 13.2. The van der Waals surface area contributed by atoms with E-state index in [-0.39, 0.29) is 18.0 Å². The average molecular weight is 392 g/mol. The Kier molecular flexibility index (Phi) is 5.56. The van der Waals surface area contributed by atoms with E-state index in [0.29, 0.717) is 4.91 Å². The summed E-state index contributed by atoms with van der Waals surface area (Å²) in [5.41, 5.74) is -0.178. The van der Waals surface area contributed by atoms with Crippen LogP contribution in [0.2, 0.25) is 0 Å². The number of carboxylic acids is 1. The van der Waals surface area contributed by atoms with E-state index < -0.39 is 40.3 Å². The third-order valence-corrected chi connectivity index (χ3v) is 5.18. The number of carboxylic acid groups (broad SMARTS) is 1. The van der Waals surface area contributed by atoms with Crippen molar-refractivity contribution in [3.8, 4) is 0 Å². The van der Waals surface area contributed by atoms with Gasteiger partial charge in [0.25, 0.3) is 0 Å². The van der Waals surface area contributed by atoms with Gasteiger partial charge in [-0.05, 0) is 12.3 Å². The van der Waals surface area contributed by atoms with Gasteiger partial charge in [-0.25, -0.2) is 8.98 Å². The SMILES string of the molecule is CC(=O)N/C=C\SC1=C(C(=O)O)N2C(=O)[C@@H](C(C)OS(=O)(=O)O)[C@H]2C1. The zero-order chi connectivity index (χ0) is 18.9. The first-order chi connectivity index (χ1) is 11.5. The van der Waals surface area contributed by atoms with E-state index in [1.165, 1.54) is 25.5 Å². The maximum absolute atomic E-state index is 12.2. The van der Waals surface area contributed by atoms with Crippen molar-refractivity contribution >= 4 is 39.9 Å². The van der Waals surface area contributed by atoms with Gasteiger partial charge in [0.05, 0.1) is 18.1 Å². The van der Waals surface area contributed by atoms with Gasteiger partial charge in [0.1, 0.15) is 5.70 Å². The highest BCUT2D eigenvalue weighted by molar-refractivity contribution is 8.05. The van der Waals surface area contributed by atoms with Crippen LogP contribution in [-0.4, -0.2) is 52.9 Å². The van der Waals surface area contributed by atoms with Gasteiger partial charge in [0.15, 0.2) is 0 Å². The van der Waals surface area contributed by atoms with Crippen LogP contribution in [-0.2, 0) is 29.0 Å². The lowest BCUT2D eigenvalue weighted by atomic mass is 9.83. The minimum Gasteiger partial charge on any atom is -0.477 e. The predicted molar refractivity (Wildman–Crippen MR) is 86.0 cm³/mol. The molecule has 2 rings (SSSR count). The molecule has 2 aliphatic heterocycles. The second-order valence-corrected chi connectivity index (χ2v) is 7.48. The van der Waals surface area contributed by atoms with Crippen LogP contribution in [0.1, 0.15) is 20.3 Å². The van der Waals surface area contributed by atoms with Crippen molar-refractivity contribution in [1.29, 1.82) is 0 Å². The number of nitrogens with zero attached hydrogens (tertiary/aromatic N) is 1. The topological polar surface area (TPSA) is 150 Å². The molecule has 0 aliphatic carbocycles. The van der Waals surface area contributed by atoms with Crippen LogP contribution in [0.3, 0.4) is 0 Å². The summed E-state index contributed by atoms with van der Waals surface area (Å²) < 4.78 is 34.8. The minimum absolute atomic E-state index is 0.178. The summed E-state index contributed by atoms with van der Waals surface area (Å²) in [4.78, 5) is 36.0. The molecule has 12 heteroatoms. The first kappa shape index (κ1) is 19.4. The molecule has 138 valence electrons. The zero-order valence-corrected chi connectivity index (χ0v) is 14.8. The Morgan fingerprint density at radius 3 is 2.64 bits per heavy atom. The smallest absolute Gasteiger partial charge is 0.397 e. The van der Waals surface area contributed by atoms with Crippen LogP contribution in [0, 0.1) is 5.92 Å². The third-order valence-electron chi connectivity index (χ3n) is 3.71. The van der Waals surface area contributed by atoms with Gasteiger partial charge < -0.3 is 15.3 Å². The molecule has 0 saturated carbocycles. The monoisotopic (exact) mass is 392 g/mol. The molecule has 3 N–H and O–H groups in total. The van der Waals surface area contributed by atoms with Crippen LogP contribution >= 0.6 is 11.8 Å². The quantitative estimate of drug-likeness (QED) is 0.403. The molecule has 25 heavy (non-hydrogen) atoms. The maximum atomic E-state index is 12.2. The van der Waals surface area contributed by atoms with E-state index in [1.54, 1.807) is 0 Å². The summed E-state index contributed by atoms with van der Waals surface area (Å²) in [6, 6.07) is -0.563. The molecule has 2 aliphatic rings. The van der Waals surface area contributed by atoms with E-state index in [2.05, 4.69) is 9.50 Å². The standard InChI is InChI=1S/C13H16N2O8S2/c1-6(23-25(20,21)22)10-8-5-9(24-4-3-14-7(2)16)11(13(18)19)15(8)12(10)17/h3-4,6,8,10H,5H2,1-2H3,(H,14,16)(H,18,19)(H,20,21,22)/b4-3-/t6?,8-,10+/m1/s1. The number of fused-ring (bicyclic) bond motifs is 1. The minimum atomic E-state index is -4.72. The number of carbonyl (C=O) groups is 3. The molecular formula is C13H16N2O8S2. The number of aliphatic carboxylic acids is 1. The Bertz CT molecular complexity index is 773. The highest BCUT2D eigenvalue weighted by atomic mass is 32.3. The number of β-lactam (4-membered cyclic amide) rings is 1. The van der Waals surface area contributed by atoms with Gasteiger partial charge >= 0.3 is 16.4 Å². The van der Waals surface area contributed by atoms with Gasteiger partial charge in [0, 0.05) is 24.4 Å². The number of hydrogen-bond donors (Lipinski definition) is 3. The number of amides is 2. The molecule has 0 aromatic carbocycles. The highest BCUT2D eigenvalue weighted by Crippen LogP contribution is 2.47. The molecule has 1 unspecified atom stereocenters. The van der Waals surface area contributed by atoms with E-state index in [1.807, 2.05) is 0 Å².